The number of unbranched alkanes of at least 4 members (excludes halogenated alkanes) is 1. The molecule has 0 radical (unpaired) electrons. The minimum atomic E-state index is -3.95. The molecule has 182 valence electrons. The predicted octanol–water partition coefficient (Wildman–Crippen LogP) is 0.460. The lowest BCUT2D eigenvalue weighted by Gasteiger charge is -2.39. The first-order valence-corrected chi connectivity index (χ1v) is 12.0. The van der Waals surface area contributed by atoms with Gasteiger partial charge in [-0.2, -0.15) is 8.42 Å². The van der Waals surface area contributed by atoms with Crippen LogP contribution in [0.5, 0.6) is 0 Å². The molecule has 0 spiro atoms. The third-order valence-corrected chi connectivity index (χ3v) is 5.51. The molecule has 0 amide bonds. The lowest BCUT2D eigenvalue weighted by molar-refractivity contribution is -0.929. The fourth-order valence-electron chi connectivity index (χ4n) is 2.91. The molecule has 0 aliphatic heterocycles. The van der Waals surface area contributed by atoms with Crippen LogP contribution in [-0.2, 0) is 38.5 Å². The standard InChI is InChI=1S/C19H41NO9S/c1-24-13-16-27-10-7-20(8-11-28-17-14-25-2,9-12-29-18-15-26-3)6-4-5-19-30(21,22)23/h4-19H2,1-3H3/p+1. The second kappa shape index (κ2) is 19.3. The van der Waals surface area contributed by atoms with Gasteiger partial charge in [-0.3, -0.25) is 4.55 Å². The van der Waals surface area contributed by atoms with Crippen LogP contribution in [0.15, 0.2) is 0 Å². The first-order chi connectivity index (χ1) is 14.4. The van der Waals surface area contributed by atoms with Crippen molar-refractivity contribution in [3.8, 4) is 0 Å². The molecule has 0 aromatic heterocycles. The van der Waals surface area contributed by atoms with Gasteiger partial charge in [-0.25, -0.2) is 0 Å². The highest BCUT2D eigenvalue weighted by Crippen LogP contribution is 2.11. The van der Waals surface area contributed by atoms with Gasteiger partial charge in [-0.15, -0.1) is 0 Å². The number of hydrogen-bond acceptors (Lipinski definition) is 8. The molecule has 0 saturated heterocycles. The van der Waals surface area contributed by atoms with Gasteiger partial charge in [-0.05, 0) is 12.8 Å². The maximum absolute atomic E-state index is 11.0. The van der Waals surface area contributed by atoms with Gasteiger partial charge in [0, 0.05) is 21.3 Å². The van der Waals surface area contributed by atoms with Gasteiger partial charge in [0.05, 0.1) is 71.8 Å². The van der Waals surface area contributed by atoms with Crippen molar-refractivity contribution < 1.29 is 45.9 Å². The van der Waals surface area contributed by atoms with E-state index in [4.69, 9.17) is 33.0 Å². The molecule has 0 unspecified atom stereocenters. The summed E-state index contributed by atoms with van der Waals surface area (Å²) in [6.07, 6.45) is 1.06. The Hall–Kier alpha value is -0.370. The van der Waals surface area contributed by atoms with Crippen LogP contribution in [0.4, 0.5) is 0 Å². The molecular weight excluding hydrogens is 418 g/mol. The minimum Gasteiger partial charge on any atom is -0.382 e. The minimum absolute atomic E-state index is 0.230. The van der Waals surface area contributed by atoms with Crippen molar-refractivity contribution in [3.63, 3.8) is 0 Å². The fraction of sp³-hybridized carbons (Fsp3) is 1.00. The number of quaternary nitrogens is 1. The Labute approximate surface area is 182 Å². The molecule has 11 heteroatoms. The molecule has 0 fully saturated rings. The summed E-state index contributed by atoms with van der Waals surface area (Å²) in [6, 6.07) is 0. The summed E-state index contributed by atoms with van der Waals surface area (Å²) in [4.78, 5) is 0. The topological polar surface area (TPSA) is 110 Å². The van der Waals surface area contributed by atoms with Crippen LogP contribution < -0.4 is 0 Å². The average Bonchev–Trinajstić information content (AvgIpc) is 2.70. The maximum Gasteiger partial charge on any atom is 0.264 e. The van der Waals surface area contributed by atoms with Crippen LogP contribution in [0.3, 0.4) is 0 Å². The third kappa shape index (κ3) is 18.4. The van der Waals surface area contributed by atoms with Crippen LogP contribution in [0.2, 0.25) is 0 Å². The van der Waals surface area contributed by atoms with Gasteiger partial charge in [-0.1, -0.05) is 0 Å². The van der Waals surface area contributed by atoms with E-state index in [0.717, 1.165) is 26.2 Å². The van der Waals surface area contributed by atoms with Gasteiger partial charge in [0.25, 0.3) is 10.1 Å². The van der Waals surface area contributed by atoms with Gasteiger partial charge in [0.2, 0.25) is 0 Å². The first-order valence-electron chi connectivity index (χ1n) is 10.4. The molecule has 10 nitrogen and oxygen atoms in total. The van der Waals surface area contributed by atoms with Crippen molar-refractivity contribution >= 4 is 10.1 Å². The fourth-order valence-corrected chi connectivity index (χ4v) is 3.48. The zero-order valence-corrected chi connectivity index (χ0v) is 19.7. The van der Waals surface area contributed by atoms with E-state index in [1.165, 1.54) is 0 Å². The smallest absolute Gasteiger partial charge is 0.264 e. The molecule has 0 aliphatic carbocycles. The summed E-state index contributed by atoms with van der Waals surface area (Å²) in [7, 11) is 0.952. The molecule has 0 rings (SSSR count). The quantitative estimate of drug-likeness (QED) is 0.132. The summed E-state index contributed by atoms with van der Waals surface area (Å²) in [5, 5.41) is 0. The van der Waals surface area contributed by atoms with Crippen molar-refractivity contribution in [1.82, 2.24) is 0 Å². The Morgan fingerprint density at radius 3 is 1.33 bits per heavy atom. The van der Waals surface area contributed by atoms with Gasteiger partial charge >= 0.3 is 0 Å². The van der Waals surface area contributed by atoms with E-state index < -0.39 is 10.1 Å². The van der Waals surface area contributed by atoms with Crippen LogP contribution in [0.1, 0.15) is 12.8 Å². The summed E-state index contributed by atoms with van der Waals surface area (Å²) in [6.45, 7) is 7.82. The number of ether oxygens (including phenoxy) is 6. The van der Waals surface area contributed by atoms with E-state index in [2.05, 4.69) is 0 Å². The molecule has 0 bridgehead atoms. The lowest BCUT2D eigenvalue weighted by atomic mass is 10.2. The molecule has 0 aromatic carbocycles. The Morgan fingerprint density at radius 1 is 0.600 bits per heavy atom. The number of hydrogen-bond donors (Lipinski definition) is 1. The van der Waals surface area contributed by atoms with Gasteiger partial charge < -0.3 is 32.9 Å². The number of nitrogens with zero attached hydrogens (tertiary/aromatic N) is 1. The van der Waals surface area contributed by atoms with Crippen molar-refractivity contribution in [3.05, 3.63) is 0 Å². The highest BCUT2D eigenvalue weighted by Gasteiger charge is 2.27. The summed E-state index contributed by atoms with van der Waals surface area (Å²) in [5.41, 5.74) is 0. The van der Waals surface area contributed by atoms with Crippen LogP contribution in [0, 0.1) is 0 Å². The zero-order chi connectivity index (χ0) is 22.6. The molecule has 0 saturated carbocycles. The molecule has 0 aliphatic rings. The SMILES string of the molecule is COCCOCC[N+](CCCCS(=O)(=O)O)(CCOCCOC)CCOCCOC. The van der Waals surface area contributed by atoms with Crippen LogP contribution in [0.25, 0.3) is 0 Å². The second-order valence-corrected chi connectivity index (χ2v) is 8.62. The molecule has 0 atom stereocenters. The highest BCUT2D eigenvalue weighted by atomic mass is 32.2. The lowest BCUT2D eigenvalue weighted by Crippen LogP contribution is -2.54. The van der Waals surface area contributed by atoms with Gasteiger partial charge in [0.1, 0.15) is 19.6 Å². The molecule has 30 heavy (non-hydrogen) atoms. The maximum atomic E-state index is 11.0. The molecule has 0 heterocycles. The Morgan fingerprint density at radius 2 is 1.00 bits per heavy atom. The highest BCUT2D eigenvalue weighted by molar-refractivity contribution is 7.85. The van der Waals surface area contributed by atoms with E-state index in [1.807, 2.05) is 0 Å². The molecular formula is C19H42NO9S+. The normalized spacial score (nSPS) is 12.5. The van der Waals surface area contributed by atoms with E-state index in [9.17, 15) is 8.42 Å². The monoisotopic (exact) mass is 460 g/mol. The summed E-state index contributed by atoms with van der Waals surface area (Å²) < 4.78 is 63.8. The second-order valence-electron chi connectivity index (χ2n) is 7.04. The van der Waals surface area contributed by atoms with E-state index in [1.54, 1.807) is 21.3 Å². The van der Waals surface area contributed by atoms with Crippen molar-refractivity contribution in [2.45, 2.75) is 12.8 Å². The van der Waals surface area contributed by atoms with Crippen LogP contribution >= 0.6 is 0 Å². The van der Waals surface area contributed by atoms with Crippen molar-refractivity contribution in [2.24, 2.45) is 0 Å². The first kappa shape index (κ1) is 29.6. The predicted molar refractivity (Wildman–Crippen MR) is 113 cm³/mol. The molecule has 1 N–H and O–H groups in total. The van der Waals surface area contributed by atoms with E-state index >= 15 is 0 Å². The Kier molecular flexibility index (Phi) is 19.1. The summed E-state index contributed by atoms with van der Waals surface area (Å²) >= 11 is 0. The third-order valence-electron chi connectivity index (χ3n) is 4.71. The van der Waals surface area contributed by atoms with Crippen molar-refractivity contribution in [2.75, 3.05) is 113 Å². The van der Waals surface area contributed by atoms with E-state index in [0.29, 0.717) is 76.8 Å². The Bertz CT molecular complexity index is 441. The van der Waals surface area contributed by atoms with Crippen molar-refractivity contribution in [1.29, 1.82) is 0 Å². The molecule has 0 aromatic rings. The average molecular weight is 461 g/mol. The number of rotatable bonds is 23. The Balaban J connectivity index is 4.85. The number of methoxy groups -OCH3 is 3. The largest absolute Gasteiger partial charge is 0.382 e. The zero-order valence-electron chi connectivity index (χ0n) is 18.9. The summed E-state index contributed by atoms with van der Waals surface area (Å²) in [5.74, 6) is -0.230. The van der Waals surface area contributed by atoms with E-state index in [-0.39, 0.29) is 5.75 Å². The van der Waals surface area contributed by atoms with Gasteiger partial charge in [0.15, 0.2) is 0 Å². The van der Waals surface area contributed by atoms with Crippen LogP contribution in [-0.4, -0.2) is 130 Å².